The molecule has 9 nitrogen and oxygen atoms in total. The molecule has 4 aromatic carbocycles. The van der Waals surface area contributed by atoms with Crippen LogP contribution in [0, 0.1) is 0 Å². The summed E-state index contributed by atoms with van der Waals surface area (Å²) in [6.45, 7) is 1.79. The zero-order chi connectivity index (χ0) is 34.8. The van der Waals surface area contributed by atoms with E-state index in [4.69, 9.17) is 19.6 Å². The summed E-state index contributed by atoms with van der Waals surface area (Å²) in [7, 11) is 1.31. The van der Waals surface area contributed by atoms with Gasteiger partial charge in [0.2, 0.25) is 0 Å². The van der Waals surface area contributed by atoms with Gasteiger partial charge in [0.05, 0.1) is 45.9 Å². The van der Waals surface area contributed by atoms with Crippen LogP contribution in [-0.4, -0.2) is 33.4 Å². The molecular formula is C39H29BrN4O5S. The van der Waals surface area contributed by atoms with Crippen molar-refractivity contribution < 1.29 is 19.1 Å². The van der Waals surface area contributed by atoms with Crippen LogP contribution in [0.5, 0.6) is 0 Å². The molecule has 3 heterocycles. The van der Waals surface area contributed by atoms with E-state index >= 15 is 0 Å². The summed E-state index contributed by atoms with van der Waals surface area (Å²) in [5.41, 5.74) is 5.30. The molecule has 248 valence electrons. The number of carbonyl (C=O) groups is 2. The van der Waals surface area contributed by atoms with Gasteiger partial charge in [-0.2, -0.15) is 5.10 Å². The lowest BCUT2D eigenvalue weighted by Crippen LogP contribution is -2.39. The fourth-order valence-corrected chi connectivity index (χ4v) is 7.10. The SMILES string of the molecule is COC(=O)c1ccc(C2C(C(=O)OCc3ccccc3)=C(C)N=c3sc(=Cc4cn(-c5ccccc5)nc4-c4ccc(Br)cc4)c(=O)n32)cc1. The second kappa shape index (κ2) is 14.1. The zero-order valence-electron chi connectivity index (χ0n) is 26.9. The maximum Gasteiger partial charge on any atom is 0.338 e. The lowest BCUT2D eigenvalue weighted by Gasteiger charge is -2.25. The third kappa shape index (κ3) is 6.52. The van der Waals surface area contributed by atoms with Crippen molar-refractivity contribution in [2.24, 2.45) is 4.99 Å². The number of benzene rings is 4. The first-order chi connectivity index (χ1) is 24.3. The fourth-order valence-electron chi connectivity index (χ4n) is 5.80. The predicted octanol–water partition coefficient (Wildman–Crippen LogP) is 6.38. The molecule has 50 heavy (non-hydrogen) atoms. The molecule has 1 aliphatic rings. The minimum absolute atomic E-state index is 0.0547. The van der Waals surface area contributed by atoms with Gasteiger partial charge in [-0.15, -0.1) is 0 Å². The van der Waals surface area contributed by atoms with Crippen LogP contribution in [0.1, 0.15) is 40.0 Å². The van der Waals surface area contributed by atoms with Crippen molar-refractivity contribution in [1.29, 1.82) is 0 Å². The lowest BCUT2D eigenvalue weighted by atomic mass is 9.95. The highest BCUT2D eigenvalue weighted by atomic mass is 79.9. The van der Waals surface area contributed by atoms with Crippen LogP contribution in [-0.2, 0) is 20.9 Å². The number of aromatic nitrogens is 3. The highest BCUT2D eigenvalue weighted by Gasteiger charge is 2.33. The molecule has 0 spiro atoms. The Kier molecular flexibility index (Phi) is 9.25. The third-order valence-electron chi connectivity index (χ3n) is 8.27. The minimum atomic E-state index is -0.860. The van der Waals surface area contributed by atoms with Crippen LogP contribution < -0.4 is 14.9 Å². The van der Waals surface area contributed by atoms with Crippen LogP contribution in [0.2, 0.25) is 0 Å². The summed E-state index contributed by atoms with van der Waals surface area (Å²) in [4.78, 5) is 45.7. The van der Waals surface area contributed by atoms with E-state index in [1.807, 2.05) is 97.2 Å². The minimum Gasteiger partial charge on any atom is -0.465 e. The van der Waals surface area contributed by atoms with Crippen molar-refractivity contribution in [1.82, 2.24) is 14.3 Å². The van der Waals surface area contributed by atoms with Crippen molar-refractivity contribution in [3.05, 3.63) is 173 Å². The summed E-state index contributed by atoms with van der Waals surface area (Å²) in [6, 6.07) is 32.7. The smallest absolute Gasteiger partial charge is 0.338 e. The largest absolute Gasteiger partial charge is 0.465 e. The van der Waals surface area contributed by atoms with E-state index in [1.165, 1.54) is 23.0 Å². The molecule has 0 bridgehead atoms. The van der Waals surface area contributed by atoms with E-state index in [0.717, 1.165) is 26.9 Å². The second-order valence-electron chi connectivity index (χ2n) is 11.5. The molecule has 7 rings (SSSR count). The number of thiazole rings is 1. The average molecular weight is 746 g/mol. The Morgan fingerprint density at radius 3 is 2.26 bits per heavy atom. The summed E-state index contributed by atoms with van der Waals surface area (Å²) >= 11 is 4.74. The van der Waals surface area contributed by atoms with E-state index in [9.17, 15) is 14.4 Å². The van der Waals surface area contributed by atoms with Gasteiger partial charge >= 0.3 is 11.9 Å². The van der Waals surface area contributed by atoms with E-state index in [1.54, 1.807) is 35.9 Å². The first-order valence-electron chi connectivity index (χ1n) is 15.6. The number of esters is 2. The molecule has 11 heteroatoms. The molecule has 2 aromatic heterocycles. The molecule has 0 aliphatic carbocycles. The number of ether oxygens (including phenoxy) is 2. The van der Waals surface area contributed by atoms with Gasteiger partial charge in [0, 0.05) is 21.8 Å². The Morgan fingerprint density at radius 2 is 1.58 bits per heavy atom. The van der Waals surface area contributed by atoms with Crippen molar-refractivity contribution in [3.8, 4) is 16.9 Å². The number of allylic oxidation sites excluding steroid dienone is 1. The van der Waals surface area contributed by atoms with Crippen LogP contribution in [0.15, 0.2) is 141 Å². The molecule has 1 aliphatic heterocycles. The molecule has 0 amide bonds. The van der Waals surface area contributed by atoms with Crippen molar-refractivity contribution >= 4 is 45.3 Å². The molecule has 6 aromatic rings. The van der Waals surface area contributed by atoms with E-state index in [2.05, 4.69) is 15.9 Å². The standard InChI is InChI=1S/C39H29BrN4O5S/c1-24-33(38(47)49-23-25-9-5-3-6-10-25)35(27-13-15-28(16-14-27)37(46)48-2)44-36(45)32(50-39(44)41-24)21-29-22-43(31-11-7-4-8-12-31)42-34(29)26-17-19-30(40)20-18-26/h3-22,35H,23H2,1-2H3. The summed E-state index contributed by atoms with van der Waals surface area (Å²) in [6.07, 6.45) is 3.71. The Bertz CT molecular complexity index is 2430. The monoisotopic (exact) mass is 744 g/mol. The van der Waals surface area contributed by atoms with E-state index < -0.39 is 18.0 Å². The molecule has 0 fully saturated rings. The first-order valence-corrected chi connectivity index (χ1v) is 17.2. The van der Waals surface area contributed by atoms with E-state index in [0.29, 0.717) is 31.9 Å². The van der Waals surface area contributed by atoms with Crippen molar-refractivity contribution in [3.63, 3.8) is 0 Å². The van der Waals surface area contributed by atoms with Crippen LogP contribution in [0.3, 0.4) is 0 Å². The summed E-state index contributed by atoms with van der Waals surface area (Å²) in [5, 5.41) is 4.91. The Balaban J connectivity index is 1.36. The quantitative estimate of drug-likeness (QED) is 0.168. The van der Waals surface area contributed by atoms with Crippen LogP contribution in [0.4, 0.5) is 0 Å². The van der Waals surface area contributed by atoms with Crippen LogP contribution >= 0.6 is 27.3 Å². The zero-order valence-corrected chi connectivity index (χ0v) is 29.4. The Morgan fingerprint density at radius 1 is 0.900 bits per heavy atom. The molecule has 0 N–H and O–H groups in total. The second-order valence-corrected chi connectivity index (χ2v) is 13.4. The maximum atomic E-state index is 14.4. The third-order valence-corrected chi connectivity index (χ3v) is 9.78. The van der Waals surface area contributed by atoms with E-state index in [-0.39, 0.29) is 17.7 Å². The average Bonchev–Trinajstić information content (AvgIpc) is 3.71. The van der Waals surface area contributed by atoms with Gasteiger partial charge in [0.1, 0.15) is 6.61 Å². The highest BCUT2D eigenvalue weighted by molar-refractivity contribution is 9.10. The Hall–Kier alpha value is -5.65. The number of fused-ring (bicyclic) bond motifs is 1. The fraction of sp³-hybridized carbons (Fsp3) is 0.103. The van der Waals surface area contributed by atoms with Gasteiger partial charge < -0.3 is 9.47 Å². The normalized spacial score (nSPS) is 14.2. The molecular weight excluding hydrogens is 716 g/mol. The number of rotatable bonds is 8. The first kappa shape index (κ1) is 32.9. The summed E-state index contributed by atoms with van der Waals surface area (Å²) < 4.78 is 15.3. The molecule has 0 radical (unpaired) electrons. The number of hydrogen-bond acceptors (Lipinski definition) is 8. The van der Waals surface area contributed by atoms with Crippen molar-refractivity contribution in [2.75, 3.05) is 7.11 Å². The molecule has 1 atom stereocenters. The van der Waals surface area contributed by atoms with Gasteiger partial charge in [0.25, 0.3) is 5.56 Å². The van der Waals surface area contributed by atoms with Crippen molar-refractivity contribution in [2.45, 2.75) is 19.6 Å². The van der Waals surface area contributed by atoms with Gasteiger partial charge in [-0.3, -0.25) is 9.36 Å². The van der Waals surface area contributed by atoms with Crippen LogP contribution in [0.25, 0.3) is 23.0 Å². The lowest BCUT2D eigenvalue weighted by molar-refractivity contribution is -0.140. The number of halogens is 1. The molecule has 1 unspecified atom stereocenters. The number of para-hydroxylation sites is 1. The number of hydrogen-bond donors (Lipinski definition) is 0. The van der Waals surface area contributed by atoms with Gasteiger partial charge in [-0.25, -0.2) is 19.3 Å². The van der Waals surface area contributed by atoms with Gasteiger partial charge in [-0.05, 0) is 60.5 Å². The number of carbonyl (C=O) groups excluding carboxylic acids is 2. The summed E-state index contributed by atoms with van der Waals surface area (Å²) in [5.74, 6) is -1.08. The highest BCUT2D eigenvalue weighted by Crippen LogP contribution is 2.32. The molecule has 0 saturated heterocycles. The maximum absolute atomic E-state index is 14.4. The van der Waals surface area contributed by atoms with Gasteiger partial charge in [-0.1, -0.05) is 100 Å². The number of methoxy groups -OCH3 is 1. The Labute approximate surface area is 299 Å². The molecule has 0 saturated carbocycles. The predicted molar refractivity (Wildman–Crippen MR) is 194 cm³/mol. The van der Waals surface area contributed by atoms with Gasteiger partial charge in [0.15, 0.2) is 4.80 Å². The topological polar surface area (TPSA) is 105 Å². The number of nitrogens with zero attached hydrogens (tertiary/aromatic N) is 4.